The van der Waals surface area contributed by atoms with E-state index in [0.717, 1.165) is 32.2 Å². The summed E-state index contributed by atoms with van der Waals surface area (Å²) in [5.41, 5.74) is 0.533. The monoisotopic (exact) mass is 338 g/mol. The summed E-state index contributed by atoms with van der Waals surface area (Å²) in [6.07, 6.45) is 6.52. The Morgan fingerprint density at radius 3 is 2.78 bits per heavy atom. The van der Waals surface area contributed by atoms with Crippen molar-refractivity contribution in [2.24, 2.45) is 5.92 Å². The van der Waals surface area contributed by atoms with E-state index in [1.165, 1.54) is 18.9 Å². The molecule has 1 aromatic carbocycles. The molecule has 0 radical (unpaired) electrons. The summed E-state index contributed by atoms with van der Waals surface area (Å²) in [5.74, 6) is -0.0915. The number of hydrogen-bond acceptors (Lipinski definition) is 2. The van der Waals surface area contributed by atoms with Crippen LogP contribution in [0.1, 0.15) is 44.1 Å². The molecule has 1 aliphatic carbocycles. The van der Waals surface area contributed by atoms with Gasteiger partial charge in [0.25, 0.3) is 0 Å². The summed E-state index contributed by atoms with van der Waals surface area (Å²) in [4.78, 5) is 14.6. The van der Waals surface area contributed by atoms with Crippen LogP contribution < -0.4 is 5.32 Å². The van der Waals surface area contributed by atoms with Crippen molar-refractivity contribution < 1.29 is 9.18 Å². The van der Waals surface area contributed by atoms with Gasteiger partial charge in [0.05, 0.1) is 5.92 Å². The van der Waals surface area contributed by atoms with Crippen LogP contribution in [0.2, 0.25) is 5.02 Å². The molecule has 1 N–H and O–H groups in total. The fourth-order valence-corrected chi connectivity index (χ4v) is 3.93. The number of benzene rings is 1. The van der Waals surface area contributed by atoms with Crippen molar-refractivity contribution in [2.45, 2.75) is 51.1 Å². The number of rotatable bonds is 4. The van der Waals surface area contributed by atoms with E-state index < -0.39 is 0 Å². The van der Waals surface area contributed by atoms with Crippen LogP contribution >= 0.6 is 11.6 Å². The summed E-state index contributed by atoms with van der Waals surface area (Å²) in [7, 11) is 0. The van der Waals surface area contributed by atoms with E-state index in [-0.39, 0.29) is 17.6 Å². The van der Waals surface area contributed by atoms with Gasteiger partial charge in [-0.15, -0.1) is 0 Å². The Hall–Kier alpha value is -1.13. The highest BCUT2D eigenvalue weighted by molar-refractivity contribution is 6.31. The third-order valence-corrected chi connectivity index (χ3v) is 5.38. The van der Waals surface area contributed by atoms with Crippen LogP contribution in [0.5, 0.6) is 0 Å². The lowest BCUT2D eigenvalue weighted by atomic mass is 9.96. The van der Waals surface area contributed by atoms with Gasteiger partial charge in [-0.05, 0) is 44.4 Å². The van der Waals surface area contributed by atoms with Gasteiger partial charge in [-0.3, -0.25) is 9.69 Å². The van der Waals surface area contributed by atoms with Crippen LogP contribution in [-0.4, -0.2) is 29.9 Å². The smallest absolute Gasteiger partial charge is 0.224 e. The Morgan fingerprint density at radius 2 is 2.04 bits per heavy atom. The quantitative estimate of drug-likeness (QED) is 0.906. The third-order valence-electron chi connectivity index (χ3n) is 5.02. The van der Waals surface area contributed by atoms with Gasteiger partial charge >= 0.3 is 0 Å². The van der Waals surface area contributed by atoms with Crippen molar-refractivity contribution in [3.8, 4) is 0 Å². The zero-order chi connectivity index (χ0) is 16.2. The van der Waals surface area contributed by atoms with E-state index in [9.17, 15) is 9.18 Å². The lowest BCUT2D eigenvalue weighted by Crippen LogP contribution is -2.45. The maximum atomic E-state index is 13.9. The predicted octanol–water partition coefficient (Wildman–Crippen LogP) is 3.75. The van der Waals surface area contributed by atoms with Gasteiger partial charge < -0.3 is 5.32 Å². The first-order chi connectivity index (χ1) is 11.1. The highest BCUT2D eigenvalue weighted by Crippen LogP contribution is 2.25. The van der Waals surface area contributed by atoms with Crippen LogP contribution in [-0.2, 0) is 11.3 Å². The zero-order valence-electron chi connectivity index (χ0n) is 13.4. The Labute approximate surface area is 142 Å². The molecular formula is C18H24ClFN2O. The first kappa shape index (κ1) is 16.7. The Morgan fingerprint density at radius 1 is 1.26 bits per heavy atom. The van der Waals surface area contributed by atoms with E-state index in [1.807, 2.05) is 0 Å². The van der Waals surface area contributed by atoms with Crippen molar-refractivity contribution in [1.82, 2.24) is 10.2 Å². The molecule has 1 saturated heterocycles. The van der Waals surface area contributed by atoms with Crippen molar-refractivity contribution in [2.75, 3.05) is 13.1 Å². The molecule has 1 unspecified atom stereocenters. The van der Waals surface area contributed by atoms with E-state index in [1.54, 1.807) is 12.1 Å². The summed E-state index contributed by atoms with van der Waals surface area (Å²) < 4.78 is 13.9. The lowest BCUT2D eigenvalue weighted by Gasteiger charge is -2.32. The number of nitrogens with zero attached hydrogens (tertiary/aromatic N) is 1. The van der Waals surface area contributed by atoms with E-state index in [4.69, 9.17) is 11.6 Å². The van der Waals surface area contributed by atoms with E-state index in [0.29, 0.717) is 29.7 Å². The number of carbonyl (C=O) groups is 1. The van der Waals surface area contributed by atoms with Crippen molar-refractivity contribution >= 4 is 17.5 Å². The average molecular weight is 339 g/mol. The molecule has 0 bridgehead atoms. The molecule has 2 aliphatic rings. The average Bonchev–Trinajstić information content (AvgIpc) is 3.04. The number of piperidine rings is 1. The summed E-state index contributed by atoms with van der Waals surface area (Å²) in [6.45, 7) is 2.04. The molecule has 3 rings (SSSR count). The van der Waals surface area contributed by atoms with E-state index >= 15 is 0 Å². The number of amides is 1. The highest BCUT2D eigenvalue weighted by Gasteiger charge is 2.28. The first-order valence-electron chi connectivity index (χ1n) is 8.59. The second-order valence-corrected chi connectivity index (χ2v) is 7.17. The van der Waals surface area contributed by atoms with Crippen molar-refractivity contribution in [3.05, 3.63) is 34.6 Å². The minimum Gasteiger partial charge on any atom is -0.353 e. The van der Waals surface area contributed by atoms with Crippen molar-refractivity contribution in [3.63, 3.8) is 0 Å². The molecule has 2 fully saturated rings. The predicted molar refractivity (Wildman–Crippen MR) is 89.8 cm³/mol. The molecule has 5 heteroatoms. The zero-order valence-corrected chi connectivity index (χ0v) is 14.1. The molecule has 1 saturated carbocycles. The van der Waals surface area contributed by atoms with Gasteiger partial charge in [0.15, 0.2) is 0 Å². The number of hydrogen-bond donors (Lipinski definition) is 1. The Bertz CT molecular complexity index is 540. The fourth-order valence-electron chi connectivity index (χ4n) is 3.71. The fraction of sp³-hybridized carbons (Fsp3) is 0.611. The second kappa shape index (κ2) is 7.63. The molecule has 3 nitrogen and oxygen atoms in total. The Balaban J connectivity index is 1.58. The summed E-state index contributed by atoms with van der Waals surface area (Å²) in [5, 5.41) is 3.65. The largest absolute Gasteiger partial charge is 0.353 e. The number of halogens is 2. The number of nitrogens with one attached hydrogen (secondary N) is 1. The van der Waals surface area contributed by atoms with Gasteiger partial charge in [-0.1, -0.05) is 30.5 Å². The molecule has 126 valence electrons. The molecule has 1 atom stereocenters. The number of carbonyl (C=O) groups excluding carboxylic acids is 1. The highest BCUT2D eigenvalue weighted by atomic mass is 35.5. The van der Waals surface area contributed by atoms with Crippen LogP contribution in [0.3, 0.4) is 0 Å². The summed E-state index contributed by atoms with van der Waals surface area (Å²) in [6, 6.07) is 5.14. The van der Waals surface area contributed by atoms with Crippen LogP contribution in [0.15, 0.2) is 18.2 Å². The van der Waals surface area contributed by atoms with Gasteiger partial charge in [-0.25, -0.2) is 4.39 Å². The molecule has 1 amide bonds. The second-order valence-electron chi connectivity index (χ2n) is 6.76. The Kier molecular flexibility index (Phi) is 5.54. The molecule has 0 aromatic heterocycles. The molecule has 1 aliphatic heterocycles. The van der Waals surface area contributed by atoms with Crippen LogP contribution in [0, 0.1) is 11.7 Å². The maximum absolute atomic E-state index is 13.9. The lowest BCUT2D eigenvalue weighted by molar-refractivity contribution is -0.127. The molecule has 0 spiro atoms. The molecule has 23 heavy (non-hydrogen) atoms. The van der Waals surface area contributed by atoms with Gasteiger partial charge in [-0.2, -0.15) is 0 Å². The molecular weight excluding hydrogens is 315 g/mol. The minimum atomic E-state index is -0.268. The maximum Gasteiger partial charge on any atom is 0.224 e. The molecule has 1 aromatic rings. The third kappa shape index (κ3) is 4.24. The van der Waals surface area contributed by atoms with Gasteiger partial charge in [0.1, 0.15) is 5.82 Å². The van der Waals surface area contributed by atoms with Gasteiger partial charge in [0, 0.05) is 29.7 Å². The molecule has 1 heterocycles. The van der Waals surface area contributed by atoms with Crippen LogP contribution in [0.4, 0.5) is 4.39 Å². The van der Waals surface area contributed by atoms with E-state index in [2.05, 4.69) is 10.2 Å². The van der Waals surface area contributed by atoms with Gasteiger partial charge in [0.2, 0.25) is 5.91 Å². The van der Waals surface area contributed by atoms with Crippen LogP contribution in [0.25, 0.3) is 0 Å². The number of likely N-dealkylation sites (tertiary alicyclic amines) is 1. The SMILES string of the molecule is O=C(NC1CCCC1)C1CCCN(Cc2c(F)cccc2Cl)C1. The van der Waals surface area contributed by atoms with Crippen molar-refractivity contribution in [1.29, 1.82) is 0 Å². The topological polar surface area (TPSA) is 32.3 Å². The summed E-state index contributed by atoms with van der Waals surface area (Å²) >= 11 is 6.12. The first-order valence-corrected chi connectivity index (χ1v) is 8.97. The minimum absolute atomic E-state index is 0.00917. The normalized spacial score (nSPS) is 23.1. The standard InChI is InChI=1S/C18H24ClFN2O/c19-16-8-3-9-17(20)15(16)12-22-10-4-5-13(11-22)18(23)21-14-6-1-2-7-14/h3,8-9,13-14H,1-2,4-7,10-12H2,(H,21,23).